The molecule has 36 heavy (non-hydrogen) atoms. The van der Waals surface area contributed by atoms with Crippen molar-refractivity contribution in [1.29, 1.82) is 5.26 Å². The number of nitrogens with zero attached hydrogens (tertiary/aromatic N) is 2. The van der Waals surface area contributed by atoms with Crippen molar-refractivity contribution < 1.29 is 19.1 Å². The highest BCUT2D eigenvalue weighted by Crippen LogP contribution is 2.33. The maximum atomic E-state index is 13.7. The number of rotatable bonds is 6. The van der Waals surface area contributed by atoms with E-state index >= 15 is 0 Å². The molecule has 184 valence electrons. The fraction of sp³-hybridized carbons (Fsp3) is 0.333. The maximum Gasteiger partial charge on any atom is 0.271 e. The van der Waals surface area contributed by atoms with Gasteiger partial charge in [-0.15, -0.1) is 0 Å². The molecule has 0 spiro atoms. The second-order valence-corrected chi connectivity index (χ2v) is 9.16. The van der Waals surface area contributed by atoms with Crippen LogP contribution in [0.3, 0.4) is 0 Å². The maximum absolute atomic E-state index is 13.7. The molecule has 0 aliphatic carbocycles. The fourth-order valence-electron chi connectivity index (χ4n) is 5.19. The lowest BCUT2D eigenvalue weighted by atomic mass is 9.91. The second kappa shape index (κ2) is 9.74. The van der Waals surface area contributed by atoms with Gasteiger partial charge >= 0.3 is 0 Å². The van der Waals surface area contributed by atoms with E-state index in [0.29, 0.717) is 37.4 Å². The number of nitriles is 1. The predicted molar refractivity (Wildman–Crippen MR) is 132 cm³/mol. The Hall–Kier alpha value is -4.32. The smallest absolute Gasteiger partial charge is 0.271 e. The molecular weight excluding hydrogens is 458 g/mol. The molecule has 5 rings (SSSR count). The molecule has 9 heteroatoms. The van der Waals surface area contributed by atoms with E-state index in [1.165, 1.54) is 0 Å². The van der Waals surface area contributed by atoms with Gasteiger partial charge in [0.2, 0.25) is 11.8 Å². The minimum Gasteiger partial charge on any atom is -0.496 e. The van der Waals surface area contributed by atoms with Crippen LogP contribution < -0.4 is 15.4 Å². The number of aromatic amines is 1. The van der Waals surface area contributed by atoms with Crippen LogP contribution >= 0.6 is 0 Å². The van der Waals surface area contributed by atoms with Gasteiger partial charge in [0, 0.05) is 29.9 Å². The molecule has 3 heterocycles. The van der Waals surface area contributed by atoms with Crippen molar-refractivity contribution >= 4 is 28.6 Å². The van der Waals surface area contributed by atoms with Crippen LogP contribution in [-0.2, 0) is 16.0 Å². The topological polar surface area (TPSA) is 127 Å². The summed E-state index contributed by atoms with van der Waals surface area (Å²) in [4.78, 5) is 44.0. The SMILES string of the molecule is COc1cccc2[nH]c(C(=O)N3CCc4ccccc4[C@H]3C(=O)NC(C#N)C[C@@H]3CCNC3=O)cc12. The van der Waals surface area contributed by atoms with Crippen molar-refractivity contribution in [1.82, 2.24) is 20.5 Å². The van der Waals surface area contributed by atoms with Crippen LogP contribution in [0.15, 0.2) is 48.5 Å². The molecule has 0 radical (unpaired) electrons. The van der Waals surface area contributed by atoms with Gasteiger partial charge < -0.3 is 25.3 Å². The van der Waals surface area contributed by atoms with Crippen molar-refractivity contribution in [2.75, 3.05) is 20.2 Å². The van der Waals surface area contributed by atoms with Gasteiger partial charge in [-0.2, -0.15) is 5.26 Å². The molecule has 0 bridgehead atoms. The van der Waals surface area contributed by atoms with E-state index < -0.39 is 18.0 Å². The van der Waals surface area contributed by atoms with Gasteiger partial charge in [-0.3, -0.25) is 14.4 Å². The zero-order valence-electron chi connectivity index (χ0n) is 19.9. The highest BCUT2D eigenvalue weighted by molar-refractivity contribution is 6.02. The number of aromatic nitrogens is 1. The summed E-state index contributed by atoms with van der Waals surface area (Å²) in [5, 5.41) is 16.0. The zero-order chi connectivity index (χ0) is 25.2. The summed E-state index contributed by atoms with van der Waals surface area (Å²) in [7, 11) is 1.58. The Morgan fingerprint density at radius 2 is 2.08 bits per heavy atom. The Bertz CT molecular complexity index is 1370. The third-order valence-electron chi connectivity index (χ3n) is 7.02. The Morgan fingerprint density at radius 3 is 2.83 bits per heavy atom. The Morgan fingerprint density at radius 1 is 1.25 bits per heavy atom. The molecule has 2 aromatic carbocycles. The first-order valence-corrected chi connectivity index (χ1v) is 12.0. The molecule has 2 aliphatic rings. The molecular formula is C27H27N5O4. The number of hydrogen-bond donors (Lipinski definition) is 3. The molecule has 1 unspecified atom stereocenters. The quantitative estimate of drug-likeness (QED) is 0.494. The highest BCUT2D eigenvalue weighted by Gasteiger charge is 2.38. The number of amides is 3. The van der Waals surface area contributed by atoms with Gasteiger partial charge in [0.05, 0.1) is 13.2 Å². The Labute approximate surface area is 208 Å². The van der Waals surface area contributed by atoms with Crippen molar-refractivity contribution in [3.05, 3.63) is 65.4 Å². The molecule has 3 aromatic rings. The normalized spacial score (nSPS) is 19.8. The third kappa shape index (κ3) is 4.26. The first-order valence-electron chi connectivity index (χ1n) is 12.0. The number of methoxy groups -OCH3 is 1. The molecule has 0 saturated carbocycles. The fourth-order valence-corrected chi connectivity index (χ4v) is 5.19. The van der Waals surface area contributed by atoms with Crippen LogP contribution in [0.25, 0.3) is 10.9 Å². The van der Waals surface area contributed by atoms with Gasteiger partial charge in [0.1, 0.15) is 23.5 Å². The minimum absolute atomic E-state index is 0.0986. The largest absolute Gasteiger partial charge is 0.496 e. The molecule has 1 saturated heterocycles. The van der Waals surface area contributed by atoms with Crippen LogP contribution in [0.2, 0.25) is 0 Å². The Balaban J connectivity index is 1.44. The van der Waals surface area contributed by atoms with Crippen LogP contribution in [0.5, 0.6) is 5.75 Å². The number of fused-ring (bicyclic) bond motifs is 2. The summed E-state index contributed by atoms with van der Waals surface area (Å²) >= 11 is 0. The molecule has 1 fully saturated rings. The van der Waals surface area contributed by atoms with Gasteiger partial charge in [0.15, 0.2) is 0 Å². The molecule has 3 atom stereocenters. The number of H-pyrrole nitrogens is 1. The van der Waals surface area contributed by atoms with E-state index in [4.69, 9.17) is 4.74 Å². The van der Waals surface area contributed by atoms with Crippen LogP contribution in [0.1, 0.15) is 40.5 Å². The van der Waals surface area contributed by atoms with Crippen LogP contribution in [-0.4, -0.2) is 53.8 Å². The molecule has 9 nitrogen and oxygen atoms in total. The average molecular weight is 486 g/mol. The lowest BCUT2D eigenvalue weighted by molar-refractivity contribution is -0.127. The summed E-state index contributed by atoms with van der Waals surface area (Å²) in [5.41, 5.74) is 2.84. The van der Waals surface area contributed by atoms with Gasteiger partial charge in [0.25, 0.3) is 5.91 Å². The number of ether oxygens (including phenoxy) is 1. The first kappa shape index (κ1) is 23.4. The summed E-state index contributed by atoms with van der Waals surface area (Å²) in [6, 6.07) is 15.2. The van der Waals surface area contributed by atoms with Crippen LogP contribution in [0, 0.1) is 17.2 Å². The lowest BCUT2D eigenvalue weighted by Crippen LogP contribution is -2.49. The number of hydrogen-bond acceptors (Lipinski definition) is 5. The monoisotopic (exact) mass is 485 g/mol. The predicted octanol–water partition coefficient (Wildman–Crippen LogP) is 2.45. The van der Waals surface area contributed by atoms with E-state index in [2.05, 4.69) is 21.7 Å². The zero-order valence-corrected chi connectivity index (χ0v) is 19.9. The van der Waals surface area contributed by atoms with E-state index in [0.717, 1.165) is 22.0 Å². The summed E-state index contributed by atoms with van der Waals surface area (Å²) in [5.74, 6) is -0.513. The molecule has 2 aliphatic heterocycles. The average Bonchev–Trinajstić information content (AvgIpc) is 3.52. The van der Waals surface area contributed by atoms with E-state index in [1.807, 2.05) is 42.5 Å². The number of carbonyl (C=O) groups excluding carboxylic acids is 3. The lowest BCUT2D eigenvalue weighted by Gasteiger charge is -2.36. The summed E-state index contributed by atoms with van der Waals surface area (Å²) in [6.45, 7) is 0.922. The van der Waals surface area contributed by atoms with Gasteiger partial charge in [-0.25, -0.2) is 0 Å². The Kier molecular flexibility index (Phi) is 6.34. The molecule has 3 N–H and O–H groups in total. The van der Waals surface area contributed by atoms with Gasteiger partial charge in [-0.1, -0.05) is 30.3 Å². The van der Waals surface area contributed by atoms with Crippen molar-refractivity contribution in [3.8, 4) is 11.8 Å². The molecule has 1 aromatic heterocycles. The van der Waals surface area contributed by atoms with E-state index in [1.54, 1.807) is 18.1 Å². The standard InChI is InChI=1S/C27H27N5O4/c1-36-23-8-4-7-21-20(23)14-22(31-21)27(35)32-12-10-16-5-2-3-6-19(16)24(32)26(34)30-18(15-28)13-17-9-11-29-25(17)33/h2-8,14,17-18,24,31H,9-13H2,1H3,(H,29,33)(H,30,34)/t17-,18?,24-/m0/s1. The van der Waals surface area contributed by atoms with E-state index in [-0.39, 0.29) is 24.2 Å². The second-order valence-electron chi connectivity index (χ2n) is 9.16. The number of nitrogens with one attached hydrogen (secondary N) is 3. The number of benzene rings is 2. The van der Waals surface area contributed by atoms with Crippen LogP contribution in [0.4, 0.5) is 0 Å². The summed E-state index contributed by atoms with van der Waals surface area (Å²) in [6.07, 6.45) is 1.48. The van der Waals surface area contributed by atoms with E-state index in [9.17, 15) is 19.6 Å². The highest BCUT2D eigenvalue weighted by atomic mass is 16.5. The van der Waals surface area contributed by atoms with Crippen molar-refractivity contribution in [2.24, 2.45) is 5.92 Å². The minimum atomic E-state index is -0.899. The van der Waals surface area contributed by atoms with Gasteiger partial charge in [-0.05, 0) is 48.6 Å². The third-order valence-corrected chi connectivity index (χ3v) is 7.02. The number of carbonyl (C=O) groups is 3. The van der Waals surface area contributed by atoms with Crippen molar-refractivity contribution in [3.63, 3.8) is 0 Å². The molecule has 3 amide bonds. The summed E-state index contributed by atoms with van der Waals surface area (Å²) < 4.78 is 5.42. The first-order chi connectivity index (χ1) is 17.5. The van der Waals surface area contributed by atoms with Crippen molar-refractivity contribution in [2.45, 2.75) is 31.3 Å².